The topological polar surface area (TPSA) is 59.0 Å². The molecule has 1 aromatic rings. The summed E-state index contributed by atoms with van der Waals surface area (Å²) in [5, 5.41) is 9.24. The van der Waals surface area contributed by atoms with E-state index in [2.05, 4.69) is 0 Å². The van der Waals surface area contributed by atoms with E-state index in [0.717, 1.165) is 22.6 Å². The first-order chi connectivity index (χ1) is 9.23. The number of aliphatic carboxylic acids is 1. The van der Waals surface area contributed by atoms with Crippen molar-refractivity contribution < 1.29 is 19.4 Å². The molecule has 0 saturated heterocycles. The Kier molecular flexibility index (Phi) is 5.00. The molecule has 5 heteroatoms. The maximum atomic E-state index is 11.3. The number of carboxylic acids is 1. The van der Waals surface area contributed by atoms with Gasteiger partial charge in [-0.05, 0) is 45.5 Å². The van der Waals surface area contributed by atoms with Crippen molar-refractivity contribution in [3.63, 3.8) is 0 Å². The first-order valence-corrected chi connectivity index (χ1v) is 6.40. The quantitative estimate of drug-likeness (QED) is 0.867. The van der Waals surface area contributed by atoms with Crippen LogP contribution in [0.3, 0.4) is 0 Å². The smallest absolute Gasteiger partial charge is 0.323 e. The molecule has 20 heavy (non-hydrogen) atoms. The van der Waals surface area contributed by atoms with Crippen LogP contribution in [0.15, 0.2) is 12.1 Å². The second-order valence-corrected chi connectivity index (χ2v) is 5.35. The van der Waals surface area contributed by atoms with Gasteiger partial charge in [-0.2, -0.15) is 0 Å². The molecule has 5 nitrogen and oxygen atoms in total. The van der Waals surface area contributed by atoms with Crippen molar-refractivity contribution in [3.05, 3.63) is 23.3 Å². The van der Waals surface area contributed by atoms with Gasteiger partial charge in [0.2, 0.25) is 0 Å². The Bertz CT molecular complexity index is 472. The van der Waals surface area contributed by atoms with E-state index in [1.165, 1.54) is 0 Å². The summed E-state index contributed by atoms with van der Waals surface area (Å²) >= 11 is 0. The molecule has 0 radical (unpaired) electrons. The summed E-state index contributed by atoms with van der Waals surface area (Å²) in [5.41, 5.74) is 0.936. The summed E-state index contributed by atoms with van der Waals surface area (Å²) in [4.78, 5) is 13.0. The van der Waals surface area contributed by atoms with E-state index in [4.69, 9.17) is 9.47 Å². The lowest BCUT2D eigenvalue weighted by molar-refractivity contribution is -0.148. The molecule has 0 aliphatic carbocycles. The third kappa shape index (κ3) is 3.22. The largest absolute Gasteiger partial charge is 0.496 e. The average molecular weight is 281 g/mol. The SMILES string of the molecule is COc1cc(CN(C)C(C)(C)C(=O)O)cc(OC)c1C. The molecule has 0 heterocycles. The fourth-order valence-electron chi connectivity index (χ4n) is 1.87. The van der Waals surface area contributed by atoms with Gasteiger partial charge in [0.1, 0.15) is 17.0 Å². The van der Waals surface area contributed by atoms with Crippen LogP contribution in [0.1, 0.15) is 25.0 Å². The monoisotopic (exact) mass is 281 g/mol. The van der Waals surface area contributed by atoms with Gasteiger partial charge < -0.3 is 14.6 Å². The molecule has 1 N–H and O–H groups in total. The Labute approximate surface area is 120 Å². The van der Waals surface area contributed by atoms with E-state index >= 15 is 0 Å². The normalized spacial score (nSPS) is 11.6. The van der Waals surface area contributed by atoms with Crippen molar-refractivity contribution in [1.29, 1.82) is 0 Å². The van der Waals surface area contributed by atoms with E-state index in [0.29, 0.717) is 6.54 Å². The Morgan fingerprint density at radius 2 is 1.70 bits per heavy atom. The maximum absolute atomic E-state index is 11.3. The molecule has 0 saturated carbocycles. The van der Waals surface area contributed by atoms with Crippen LogP contribution in [0.5, 0.6) is 11.5 Å². The van der Waals surface area contributed by atoms with Gasteiger partial charge in [0, 0.05) is 12.1 Å². The zero-order valence-corrected chi connectivity index (χ0v) is 13.0. The van der Waals surface area contributed by atoms with Crippen molar-refractivity contribution in [2.24, 2.45) is 0 Å². The number of rotatable bonds is 6. The summed E-state index contributed by atoms with van der Waals surface area (Å²) in [5.74, 6) is 0.618. The van der Waals surface area contributed by atoms with Gasteiger partial charge in [-0.1, -0.05) is 0 Å². The minimum absolute atomic E-state index is 0.492. The van der Waals surface area contributed by atoms with E-state index < -0.39 is 11.5 Å². The van der Waals surface area contributed by atoms with Crippen LogP contribution in [0, 0.1) is 6.92 Å². The highest BCUT2D eigenvalue weighted by atomic mass is 16.5. The number of carbonyl (C=O) groups is 1. The van der Waals surface area contributed by atoms with Crippen LogP contribution in [0.2, 0.25) is 0 Å². The molecule has 0 aliphatic rings. The molecule has 1 aromatic carbocycles. The minimum Gasteiger partial charge on any atom is -0.496 e. The molecule has 0 bridgehead atoms. The van der Waals surface area contributed by atoms with Crippen molar-refractivity contribution in [1.82, 2.24) is 4.90 Å². The van der Waals surface area contributed by atoms with Crippen molar-refractivity contribution in [2.75, 3.05) is 21.3 Å². The van der Waals surface area contributed by atoms with Gasteiger partial charge >= 0.3 is 5.97 Å². The van der Waals surface area contributed by atoms with Crippen LogP contribution in [-0.2, 0) is 11.3 Å². The zero-order valence-electron chi connectivity index (χ0n) is 13.0. The molecular weight excluding hydrogens is 258 g/mol. The molecule has 1 rings (SSSR count). The number of likely N-dealkylation sites (N-methyl/N-ethyl adjacent to an activating group) is 1. The molecule has 0 aromatic heterocycles. The minimum atomic E-state index is -0.939. The average Bonchev–Trinajstić information content (AvgIpc) is 2.39. The third-order valence-corrected chi connectivity index (χ3v) is 3.71. The fourth-order valence-corrected chi connectivity index (χ4v) is 1.87. The van der Waals surface area contributed by atoms with Gasteiger partial charge in [-0.15, -0.1) is 0 Å². The number of carboxylic acid groups (broad SMARTS) is 1. The Morgan fingerprint density at radius 3 is 2.05 bits per heavy atom. The number of hydrogen-bond acceptors (Lipinski definition) is 4. The molecule has 0 fully saturated rings. The first-order valence-electron chi connectivity index (χ1n) is 6.40. The van der Waals surface area contributed by atoms with Crippen LogP contribution >= 0.6 is 0 Å². The molecule has 0 amide bonds. The summed E-state index contributed by atoms with van der Waals surface area (Å²) < 4.78 is 10.7. The fraction of sp³-hybridized carbons (Fsp3) is 0.533. The van der Waals surface area contributed by atoms with E-state index in [1.807, 2.05) is 19.1 Å². The Balaban J connectivity index is 3.07. The van der Waals surface area contributed by atoms with Crippen LogP contribution in [0.25, 0.3) is 0 Å². The lowest BCUT2D eigenvalue weighted by Crippen LogP contribution is -2.47. The van der Waals surface area contributed by atoms with Crippen molar-refractivity contribution in [3.8, 4) is 11.5 Å². The van der Waals surface area contributed by atoms with Crippen LogP contribution in [-0.4, -0.2) is 42.8 Å². The number of ether oxygens (including phenoxy) is 2. The zero-order chi connectivity index (χ0) is 15.5. The van der Waals surface area contributed by atoms with E-state index in [-0.39, 0.29) is 0 Å². The maximum Gasteiger partial charge on any atom is 0.323 e. The molecule has 0 unspecified atom stereocenters. The Hall–Kier alpha value is -1.75. The predicted molar refractivity (Wildman–Crippen MR) is 77.5 cm³/mol. The van der Waals surface area contributed by atoms with Gasteiger partial charge in [-0.3, -0.25) is 9.69 Å². The lowest BCUT2D eigenvalue weighted by atomic mass is 10.0. The number of hydrogen-bond donors (Lipinski definition) is 1. The van der Waals surface area contributed by atoms with E-state index in [9.17, 15) is 9.90 Å². The second-order valence-electron chi connectivity index (χ2n) is 5.35. The third-order valence-electron chi connectivity index (χ3n) is 3.71. The first kappa shape index (κ1) is 16.3. The predicted octanol–water partition coefficient (Wildman–Crippen LogP) is 2.31. The summed E-state index contributed by atoms with van der Waals surface area (Å²) in [6.45, 7) is 5.77. The van der Waals surface area contributed by atoms with Crippen LogP contribution < -0.4 is 9.47 Å². The number of benzene rings is 1. The molecule has 0 spiro atoms. The highest BCUT2D eigenvalue weighted by Crippen LogP contribution is 2.30. The van der Waals surface area contributed by atoms with Gasteiger partial charge in [0.15, 0.2) is 0 Å². The summed E-state index contributed by atoms with van der Waals surface area (Å²) in [7, 11) is 5.00. The van der Waals surface area contributed by atoms with Crippen molar-refractivity contribution in [2.45, 2.75) is 32.9 Å². The number of methoxy groups -OCH3 is 2. The summed E-state index contributed by atoms with van der Waals surface area (Å²) in [6, 6.07) is 3.82. The van der Waals surface area contributed by atoms with Crippen LogP contribution in [0.4, 0.5) is 0 Å². The highest BCUT2D eigenvalue weighted by Gasteiger charge is 2.32. The molecule has 0 atom stereocenters. The summed E-state index contributed by atoms with van der Waals surface area (Å²) in [6.07, 6.45) is 0. The second kappa shape index (κ2) is 6.13. The van der Waals surface area contributed by atoms with Gasteiger partial charge in [-0.25, -0.2) is 0 Å². The number of nitrogens with zero attached hydrogens (tertiary/aromatic N) is 1. The Morgan fingerprint density at radius 1 is 1.25 bits per heavy atom. The standard InChI is InChI=1S/C15H23NO4/c1-10-12(19-5)7-11(8-13(10)20-6)9-16(4)15(2,3)14(17)18/h7-8H,9H2,1-6H3,(H,17,18). The van der Waals surface area contributed by atoms with E-state index in [1.54, 1.807) is 40.0 Å². The van der Waals surface area contributed by atoms with Crippen molar-refractivity contribution >= 4 is 5.97 Å². The molecule has 112 valence electrons. The lowest BCUT2D eigenvalue weighted by Gasteiger charge is -2.31. The van der Waals surface area contributed by atoms with Gasteiger partial charge in [0.25, 0.3) is 0 Å². The van der Waals surface area contributed by atoms with Gasteiger partial charge in [0.05, 0.1) is 14.2 Å². The molecular formula is C15H23NO4. The highest BCUT2D eigenvalue weighted by molar-refractivity contribution is 5.77. The molecule has 0 aliphatic heterocycles.